The number of pyridine rings is 1. The third-order valence-corrected chi connectivity index (χ3v) is 4.15. The average molecular weight is 259 g/mol. The minimum Gasteiger partial charge on any atom is -0.392 e. The summed E-state index contributed by atoms with van der Waals surface area (Å²) in [6, 6.07) is 3.01. The lowest BCUT2D eigenvalue weighted by Gasteiger charge is -2.19. The van der Waals surface area contributed by atoms with Gasteiger partial charge in [0.15, 0.2) is 0 Å². The van der Waals surface area contributed by atoms with Gasteiger partial charge in [-0.25, -0.2) is 8.42 Å². The molecule has 0 saturated heterocycles. The first-order chi connectivity index (χ1) is 7.89. The minimum absolute atomic E-state index is 0.0290. The van der Waals surface area contributed by atoms with Gasteiger partial charge in [0.1, 0.15) is 4.90 Å². The monoisotopic (exact) mass is 259 g/mol. The van der Waals surface area contributed by atoms with E-state index in [9.17, 15) is 13.5 Å². The molecule has 0 amide bonds. The first kappa shape index (κ1) is 14.0. The Kier molecular flexibility index (Phi) is 4.58. The molecule has 3 N–H and O–H groups in total. The zero-order chi connectivity index (χ0) is 13.1. The molecule has 1 aromatic rings. The summed E-state index contributed by atoms with van der Waals surface area (Å²) >= 11 is 0. The van der Waals surface area contributed by atoms with Crippen LogP contribution < -0.4 is 5.73 Å². The van der Waals surface area contributed by atoms with E-state index < -0.39 is 16.1 Å². The van der Waals surface area contributed by atoms with E-state index in [1.54, 1.807) is 6.07 Å². The van der Waals surface area contributed by atoms with Crippen LogP contribution >= 0.6 is 0 Å². The Morgan fingerprint density at radius 3 is 2.76 bits per heavy atom. The highest BCUT2D eigenvalue weighted by molar-refractivity contribution is 7.89. The lowest BCUT2D eigenvalue weighted by atomic mass is 10.3. The van der Waals surface area contributed by atoms with Crippen molar-refractivity contribution >= 4 is 10.0 Å². The minimum atomic E-state index is -3.65. The molecule has 17 heavy (non-hydrogen) atoms. The van der Waals surface area contributed by atoms with Crippen LogP contribution in [0.4, 0.5) is 0 Å². The van der Waals surface area contributed by atoms with Crippen molar-refractivity contribution in [2.24, 2.45) is 5.73 Å². The zero-order valence-corrected chi connectivity index (χ0v) is 10.7. The molecular formula is C10H17N3O3S. The molecule has 0 bridgehead atoms. The van der Waals surface area contributed by atoms with E-state index in [0.717, 1.165) is 4.31 Å². The molecule has 0 aliphatic heterocycles. The van der Waals surface area contributed by atoms with Crippen molar-refractivity contribution in [3.63, 3.8) is 0 Å². The quantitative estimate of drug-likeness (QED) is 0.746. The van der Waals surface area contributed by atoms with Crippen molar-refractivity contribution in [2.45, 2.75) is 24.5 Å². The molecule has 6 nitrogen and oxygen atoms in total. The number of nitrogens with zero attached hydrogens (tertiary/aromatic N) is 2. The summed E-state index contributed by atoms with van der Waals surface area (Å²) in [6.07, 6.45) is 0.767. The van der Waals surface area contributed by atoms with Gasteiger partial charge >= 0.3 is 0 Å². The third kappa shape index (κ3) is 3.22. The molecule has 7 heteroatoms. The van der Waals surface area contributed by atoms with Gasteiger partial charge in [0, 0.05) is 26.3 Å². The van der Waals surface area contributed by atoms with Crippen molar-refractivity contribution in [1.82, 2.24) is 9.29 Å². The van der Waals surface area contributed by atoms with Crippen LogP contribution in [0.15, 0.2) is 23.2 Å². The highest BCUT2D eigenvalue weighted by atomic mass is 32.2. The molecule has 1 heterocycles. The Morgan fingerprint density at radius 2 is 2.24 bits per heavy atom. The Bertz CT molecular complexity index is 473. The van der Waals surface area contributed by atoms with E-state index in [1.807, 2.05) is 0 Å². The van der Waals surface area contributed by atoms with Crippen LogP contribution in [0.2, 0.25) is 0 Å². The van der Waals surface area contributed by atoms with Crippen LogP contribution in [0.3, 0.4) is 0 Å². The number of nitrogens with two attached hydrogens (primary N) is 1. The summed E-state index contributed by atoms with van der Waals surface area (Å²) in [7, 11) is -2.23. The van der Waals surface area contributed by atoms with Gasteiger partial charge in [0.2, 0.25) is 10.0 Å². The number of likely N-dealkylation sites (N-methyl/N-ethyl adjacent to an activating group) is 1. The van der Waals surface area contributed by atoms with Crippen LogP contribution in [0.25, 0.3) is 0 Å². The zero-order valence-electron chi connectivity index (χ0n) is 9.87. The highest BCUT2D eigenvalue weighted by Crippen LogP contribution is 2.17. The van der Waals surface area contributed by atoms with Crippen molar-refractivity contribution in [3.05, 3.63) is 24.0 Å². The number of hydrogen-bond donors (Lipinski definition) is 2. The Labute approximate surface area is 101 Å². The number of aromatic nitrogens is 1. The van der Waals surface area contributed by atoms with Crippen molar-refractivity contribution in [1.29, 1.82) is 0 Å². The lowest BCUT2D eigenvalue weighted by molar-refractivity contribution is 0.171. The van der Waals surface area contributed by atoms with Crippen LogP contribution in [0, 0.1) is 0 Å². The maximum absolute atomic E-state index is 12.2. The molecular weight excluding hydrogens is 242 g/mol. The van der Waals surface area contributed by atoms with E-state index in [4.69, 9.17) is 5.73 Å². The van der Waals surface area contributed by atoms with E-state index in [0.29, 0.717) is 5.69 Å². The van der Waals surface area contributed by atoms with Crippen molar-refractivity contribution < 1.29 is 13.5 Å². The van der Waals surface area contributed by atoms with E-state index in [-0.39, 0.29) is 18.0 Å². The van der Waals surface area contributed by atoms with E-state index >= 15 is 0 Å². The summed E-state index contributed by atoms with van der Waals surface area (Å²) in [5.74, 6) is 0. The fourth-order valence-corrected chi connectivity index (χ4v) is 2.88. The van der Waals surface area contributed by atoms with Gasteiger partial charge in [0.05, 0.1) is 11.8 Å². The van der Waals surface area contributed by atoms with Crippen LogP contribution in [-0.4, -0.2) is 42.5 Å². The Hall–Kier alpha value is -1.02. The van der Waals surface area contributed by atoms with Gasteiger partial charge in [-0.3, -0.25) is 4.98 Å². The summed E-state index contributed by atoms with van der Waals surface area (Å²) < 4.78 is 25.4. The average Bonchev–Trinajstić information content (AvgIpc) is 2.28. The topological polar surface area (TPSA) is 96.5 Å². The Morgan fingerprint density at radius 1 is 1.59 bits per heavy atom. The summed E-state index contributed by atoms with van der Waals surface area (Å²) in [5.41, 5.74) is 5.78. The van der Waals surface area contributed by atoms with Gasteiger partial charge in [-0.05, 0) is 19.1 Å². The fourth-order valence-electron chi connectivity index (χ4n) is 1.45. The predicted octanol–water partition coefficient (Wildman–Crippen LogP) is -0.458. The normalized spacial score (nSPS) is 13.9. The molecule has 0 fully saturated rings. The molecule has 1 aromatic heterocycles. The molecule has 0 radical (unpaired) electrons. The lowest BCUT2D eigenvalue weighted by Crippen LogP contribution is -2.34. The highest BCUT2D eigenvalue weighted by Gasteiger charge is 2.24. The SMILES string of the molecule is CC(O)CN(C)S(=O)(=O)c1cccnc1CN. The predicted molar refractivity (Wildman–Crippen MR) is 63.6 cm³/mol. The van der Waals surface area contributed by atoms with E-state index in [1.165, 1.54) is 26.2 Å². The first-order valence-electron chi connectivity index (χ1n) is 5.18. The van der Waals surface area contributed by atoms with Gasteiger partial charge in [0.25, 0.3) is 0 Å². The second kappa shape index (κ2) is 5.54. The molecule has 0 aliphatic rings. The molecule has 0 spiro atoms. The molecule has 0 saturated carbocycles. The smallest absolute Gasteiger partial charge is 0.244 e. The molecule has 1 unspecified atom stereocenters. The van der Waals surface area contributed by atoms with E-state index in [2.05, 4.69) is 4.98 Å². The van der Waals surface area contributed by atoms with Crippen LogP contribution in [0.1, 0.15) is 12.6 Å². The van der Waals surface area contributed by atoms with Crippen LogP contribution in [-0.2, 0) is 16.6 Å². The van der Waals surface area contributed by atoms with Gasteiger partial charge in [-0.15, -0.1) is 0 Å². The number of sulfonamides is 1. The maximum atomic E-state index is 12.2. The first-order valence-corrected chi connectivity index (χ1v) is 6.62. The molecule has 1 atom stereocenters. The molecule has 96 valence electrons. The fraction of sp³-hybridized carbons (Fsp3) is 0.500. The second-order valence-electron chi connectivity index (χ2n) is 3.79. The number of hydrogen-bond acceptors (Lipinski definition) is 5. The number of aliphatic hydroxyl groups excluding tert-OH is 1. The number of rotatable bonds is 5. The molecule has 1 rings (SSSR count). The summed E-state index contributed by atoms with van der Waals surface area (Å²) in [6.45, 7) is 1.61. The van der Waals surface area contributed by atoms with Crippen molar-refractivity contribution in [3.8, 4) is 0 Å². The molecule has 0 aromatic carbocycles. The number of aliphatic hydroxyl groups is 1. The van der Waals surface area contributed by atoms with Crippen LogP contribution in [0.5, 0.6) is 0 Å². The standard InChI is InChI=1S/C10H17N3O3S/c1-8(14)7-13(2)17(15,16)10-4-3-5-12-9(10)6-11/h3-5,8,14H,6-7,11H2,1-2H3. The van der Waals surface area contributed by atoms with Gasteiger partial charge in [-0.2, -0.15) is 4.31 Å². The third-order valence-electron chi connectivity index (χ3n) is 2.25. The summed E-state index contributed by atoms with van der Waals surface area (Å²) in [4.78, 5) is 4.02. The maximum Gasteiger partial charge on any atom is 0.244 e. The van der Waals surface area contributed by atoms with Crippen molar-refractivity contribution in [2.75, 3.05) is 13.6 Å². The second-order valence-corrected chi connectivity index (χ2v) is 5.80. The van der Waals surface area contributed by atoms with Gasteiger partial charge in [-0.1, -0.05) is 0 Å². The van der Waals surface area contributed by atoms with Gasteiger partial charge < -0.3 is 10.8 Å². The largest absolute Gasteiger partial charge is 0.392 e. The Balaban J connectivity index is 3.13. The molecule has 0 aliphatic carbocycles. The summed E-state index contributed by atoms with van der Waals surface area (Å²) in [5, 5.41) is 9.21.